The molecule has 0 atom stereocenters. The van der Waals surface area contributed by atoms with E-state index in [0.717, 1.165) is 49.5 Å². The molecule has 4 rings (SSSR count). The van der Waals surface area contributed by atoms with Crippen molar-refractivity contribution < 1.29 is 9.53 Å². The Morgan fingerprint density at radius 3 is 2.79 bits per heavy atom. The Bertz CT molecular complexity index is 869. The number of carbonyl (C=O) groups is 1. The Morgan fingerprint density at radius 2 is 2.07 bits per heavy atom. The van der Waals surface area contributed by atoms with Crippen molar-refractivity contribution in [3.8, 4) is 5.75 Å². The molecule has 2 aliphatic rings. The average Bonchev–Trinajstić information content (AvgIpc) is 2.70. The molecule has 5 heteroatoms. The molecule has 0 unspecified atom stereocenters. The van der Waals surface area contributed by atoms with Crippen LogP contribution in [-0.4, -0.2) is 41.0 Å². The Kier molecular flexibility index (Phi) is 5.18. The first-order chi connectivity index (χ1) is 13.5. The molecule has 2 aliphatic heterocycles. The molecule has 0 radical (unpaired) electrons. The van der Waals surface area contributed by atoms with Crippen LogP contribution in [0.1, 0.15) is 42.7 Å². The fourth-order valence-corrected chi connectivity index (χ4v) is 3.94. The standard InChI is InChI=1S/C23H27N3O2/c1-17(2)16-26-13-10-23(11-14-26)9-8-18-15-19(6-7-21(18)28-23)25-22(27)20-5-3-4-12-24-20/h3-9,12,15,17H,10-11,13-14,16H2,1-2H3,(H,25,27). The van der Waals surface area contributed by atoms with Gasteiger partial charge in [0.15, 0.2) is 0 Å². The summed E-state index contributed by atoms with van der Waals surface area (Å²) < 4.78 is 6.42. The zero-order chi connectivity index (χ0) is 19.6. The van der Waals surface area contributed by atoms with E-state index in [9.17, 15) is 4.79 Å². The molecule has 1 N–H and O–H groups in total. The molecule has 2 aromatic rings. The van der Waals surface area contributed by atoms with Gasteiger partial charge in [-0.2, -0.15) is 0 Å². The van der Waals surface area contributed by atoms with Gasteiger partial charge in [0.05, 0.1) is 0 Å². The van der Waals surface area contributed by atoms with Crippen molar-refractivity contribution in [3.05, 3.63) is 59.9 Å². The molecule has 0 bridgehead atoms. The van der Waals surface area contributed by atoms with Crippen LogP contribution in [0.5, 0.6) is 5.75 Å². The average molecular weight is 377 g/mol. The summed E-state index contributed by atoms with van der Waals surface area (Å²) in [6.07, 6.45) is 7.96. The number of rotatable bonds is 4. The second-order valence-electron chi connectivity index (χ2n) is 8.12. The third kappa shape index (κ3) is 4.09. The van der Waals surface area contributed by atoms with E-state index in [0.29, 0.717) is 11.6 Å². The molecule has 1 spiro atoms. The lowest BCUT2D eigenvalue weighted by molar-refractivity contribution is 0.0351. The third-order valence-electron chi connectivity index (χ3n) is 5.37. The van der Waals surface area contributed by atoms with Gasteiger partial charge in [-0.25, -0.2) is 0 Å². The van der Waals surface area contributed by atoms with Crippen LogP contribution in [0.25, 0.3) is 6.08 Å². The van der Waals surface area contributed by atoms with Crippen molar-refractivity contribution in [3.63, 3.8) is 0 Å². The van der Waals surface area contributed by atoms with Gasteiger partial charge in [0.2, 0.25) is 0 Å². The number of nitrogens with zero attached hydrogens (tertiary/aromatic N) is 2. The van der Waals surface area contributed by atoms with Crippen LogP contribution < -0.4 is 10.1 Å². The van der Waals surface area contributed by atoms with E-state index in [1.54, 1.807) is 24.4 Å². The summed E-state index contributed by atoms with van der Waals surface area (Å²) in [7, 11) is 0. The van der Waals surface area contributed by atoms with Crippen LogP contribution in [0.15, 0.2) is 48.7 Å². The molecule has 5 nitrogen and oxygen atoms in total. The number of pyridine rings is 1. The lowest BCUT2D eigenvalue weighted by Crippen LogP contribution is -2.48. The van der Waals surface area contributed by atoms with Crippen molar-refractivity contribution in [1.29, 1.82) is 0 Å². The van der Waals surface area contributed by atoms with E-state index in [4.69, 9.17) is 4.74 Å². The molecule has 1 aromatic heterocycles. The lowest BCUT2D eigenvalue weighted by Gasteiger charge is -2.42. The van der Waals surface area contributed by atoms with E-state index in [1.807, 2.05) is 18.2 Å². The van der Waals surface area contributed by atoms with Crippen molar-refractivity contribution in [2.24, 2.45) is 5.92 Å². The maximum atomic E-state index is 12.3. The van der Waals surface area contributed by atoms with E-state index < -0.39 is 0 Å². The number of nitrogens with one attached hydrogen (secondary N) is 1. The van der Waals surface area contributed by atoms with Crippen LogP contribution in [0.2, 0.25) is 0 Å². The number of fused-ring (bicyclic) bond motifs is 1. The first-order valence-electron chi connectivity index (χ1n) is 10.0. The predicted molar refractivity (Wildman–Crippen MR) is 112 cm³/mol. The fraction of sp³-hybridized carbons (Fsp3) is 0.391. The highest BCUT2D eigenvalue weighted by molar-refractivity contribution is 6.03. The fourth-order valence-electron chi connectivity index (χ4n) is 3.94. The second-order valence-corrected chi connectivity index (χ2v) is 8.12. The zero-order valence-electron chi connectivity index (χ0n) is 16.5. The van der Waals surface area contributed by atoms with Crippen LogP contribution in [0, 0.1) is 5.92 Å². The number of amides is 1. The summed E-state index contributed by atoms with van der Waals surface area (Å²) >= 11 is 0. The number of likely N-dealkylation sites (tertiary alicyclic amines) is 1. The largest absolute Gasteiger partial charge is 0.482 e. The number of hydrogen-bond acceptors (Lipinski definition) is 4. The van der Waals surface area contributed by atoms with Gasteiger partial charge in [0.1, 0.15) is 17.0 Å². The van der Waals surface area contributed by atoms with Gasteiger partial charge in [0, 0.05) is 49.9 Å². The van der Waals surface area contributed by atoms with Gasteiger partial charge >= 0.3 is 0 Å². The van der Waals surface area contributed by atoms with Gasteiger partial charge in [0.25, 0.3) is 5.91 Å². The van der Waals surface area contributed by atoms with Crippen LogP contribution >= 0.6 is 0 Å². The van der Waals surface area contributed by atoms with Gasteiger partial charge in [-0.3, -0.25) is 9.78 Å². The minimum absolute atomic E-state index is 0.195. The number of ether oxygens (including phenoxy) is 1. The summed E-state index contributed by atoms with van der Waals surface area (Å²) in [4.78, 5) is 18.9. The Hall–Kier alpha value is -2.66. The molecule has 146 valence electrons. The third-order valence-corrected chi connectivity index (χ3v) is 5.37. The van der Waals surface area contributed by atoms with Crippen LogP contribution in [-0.2, 0) is 0 Å². The first kappa shape index (κ1) is 18.7. The highest BCUT2D eigenvalue weighted by atomic mass is 16.5. The Labute approximate surface area is 166 Å². The number of aromatic nitrogens is 1. The number of piperidine rings is 1. The van der Waals surface area contributed by atoms with Crippen molar-refractivity contribution in [2.45, 2.75) is 32.3 Å². The van der Waals surface area contributed by atoms with Crippen molar-refractivity contribution in [1.82, 2.24) is 9.88 Å². The van der Waals surface area contributed by atoms with Crippen LogP contribution in [0.3, 0.4) is 0 Å². The predicted octanol–water partition coefficient (Wildman–Crippen LogP) is 4.23. The van der Waals surface area contributed by atoms with Gasteiger partial charge in [-0.05, 0) is 42.3 Å². The molecular formula is C23H27N3O2. The quantitative estimate of drug-likeness (QED) is 0.866. The number of anilines is 1. The van der Waals surface area contributed by atoms with E-state index in [-0.39, 0.29) is 11.5 Å². The normalized spacial score (nSPS) is 18.0. The summed E-state index contributed by atoms with van der Waals surface area (Å²) in [5.41, 5.74) is 1.94. The topological polar surface area (TPSA) is 54.5 Å². The van der Waals surface area contributed by atoms with Gasteiger partial charge < -0.3 is 15.0 Å². The van der Waals surface area contributed by atoms with E-state index >= 15 is 0 Å². The number of hydrogen-bond donors (Lipinski definition) is 1. The van der Waals surface area contributed by atoms with Gasteiger partial charge in [-0.1, -0.05) is 26.0 Å². The number of carbonyl (C=O) groups excluding carboxylic acids is 1. The van der Waals surface area contributed by atoms with Crippen molar-refractivity contribution >= 4 is 17.7 Å². The number of benzene rings is 1. The molecular weight excluding hydrogens is 350 g/mol. The smallest absolute Gasteiger partial charge is 0.274 e. The minimum atomic E-state index is -0.213. The molecule has 3 heterocycles. The lowest BCUT2D eigenvalue weighted by atomic mass is 9.87. The highest BCUT2D eigenvalue weighted by Crippen LogP contribution is 2.38. The Balaban J connectivity index is 1.43. The minimum Gasteiger partial charge on any atom is -0.482 e. The molecule has 1 saturated heterocycles. The molecule has 1 amide bonds. The van der Waals surface area contributed by atoms with E-state index in [1.165, 1.54) is 0 Å². The van der Waals surface area contributed by atoms with Crippen molar-refractivity contribution in [2.75, 3.05) is 25.0 Å². The highest BCUT2D eigenvalue weighted by Gasteiger charge is 2.36. The maximum Gasteiger partial charge on any atom is 0.274 e. The molecule has 28 heavy (non-hydrogen) atoms. The summed E-state index contributed by atoms with van der Waals surface area (Å²) in [6.45, 7) is 7.81. The summed E-state index contributed by atoms with van der Waals surface area (Å²) in [6, 6.07) is 11.1. The Morgan fingerprint density at radius 1 is 1.25 bits per heavy atom. The molecule has 1 fully saturated rings. The zero-order valence-corrected chi connectivity index (χ0v) is 16.5. The second kappa shape index (κ2) is 7.76. The SMILES string of the molecule is CC(C)CN1CCC2(C=Cc3cc(NC(=O)c4ccccn4)ccc3O2)CC1. The maximum absolute atomic E-state index is 12.3. The molecule has 0 saturated carbocycles. The van der Waals surface area contributed by atoms with E-state index in [2.05, 4.69) is 41.2 Å². The molecule has 0 aliphatic carbocycles. The summed E-state index contributed by atoms with van der Waals surface area (Å²) in [5, 5.41) is 2.91. The van der Waals surface area contributed by atoms with Gasteiger partial charge in [-0.15, -0.1) is 0 Å². The monoisotopic (exact) mass is 377 g/mol. The van der Waals surface area contributed by atoms with Crippen LogP contribution in [0.4, 0.5) is 5.69 Å². The first-order valence-corrected chi connectivity index (χ1v) is 10.0. The summed E-state index contributed by atoms with van der Waals surface area (Å²) in [5.74, 6) is 1.36. The molecule has 1 aromatic carbocycles.